The molecule has 1 N–H and O–H groups in total. The van der Waals surface area contributed by atoms with Crippen LogP contribution in [0.5, 0.6) is 0 Å². The summed E-state index contributed by atoms with van der Waals surface area (Å²) in [4.78, 5) is 1.66. The Kier molecular flexibility index (Phi) is 3.32. The van der Waals surface area contributed by atoms with Gasteiger partial charge in [-0.15, -0.1) is 0 Å². The van der Waals surface area contributed by atoms with Gasteiger partial charge in [-0.05, 0) is 12.8 Å². The number of nitrogens with zero attached hydrogens (tertiary/aromatic N) is 2. The molecule has 1 aliphatic heterocycles. The predicted octanol–water partition coefficient (Wildman–Crippen LogP) is 3.22. The summed E-state index contributed by atoms with van der Waals surface area (Å²) >= 11 is 0. The minimum atomic E-state index is -4.49. The Hall–Kier alpha value is -1.53. The van der Waals surface area contributed by atoms with Crippen molar-refractivity contribution < 1.29 is 17.7 Å². The second kappa shape index (κ2) is 4.62. The van der Waals surface area contributed by atoms with Crippen LogP contribution in [0.25, 0.3) is 0 Å². The topological polar surface area (TPSA) is 53.1 Å². The van der Waals surface area contributed by atoms with Gasteiger partial charge in [-0.2, -0.15) is 13.2 Å². The molecule has 7 heteroatoms. The molecule has 0 aliphatic carbocycles. The molecule has 1 saturated heterocycles. The van der Waals surface area contributed by atoms with Gasteiger partial charge in [-0.3, -0.25) is 5.41 Å². The van der Waals surface area contributed by atoms with E-state index in [1.54, 1.807) is 11.9 Å². The van der Waals surface area contributed by atoms with Crippen LogP contribution in [0.1, 0.15) is 43.2 Å². The summed E-state index contributed by atoms with van der Waals surface area (Å²) < 4.78 is 42.1. The van der Waals surface area contributed by atoms with Gasteiger partial charge in [0.15, 0.2) is 11.5 Å². The number of alkyl halides is 3. The molecular weight excluding hydrogens is 247 g/mol. The first-order valence-corrected chi connectivity index (χ1v) is 5.73. The Morgan fingerprint density at radius 2 is 2.17 bits per heavy atom. The van der Waals surface area contributed by atoms with Crippen molar-refractivity contribution >= 4 is 5.84 Å². The third-order valence-corrected chi connectivity index (χ3v) is 3.18. The van der Waals surface area contributed by atoms with Gasteiger partial charge in [0.25, 0.3) is 0 Å². The highest BCUT2D eigenvalue weighted by Gasteiger charge is 2.36. The lowest BCUT2D eigenvalue weighted by Gasteiger charge is -2.25. The standard InChI is InChI=1S/C11H14F3N3O/c1-17-7(4-2-3-5-10(17)15)8-6-9(16-18-8)11(12,13)14/h6-7,15H,2-5H2,1H3. The van der Waals surface area contributed by atoms with Gasteiger partial charge in [0, 0.05) is 19.5 Å². The number of halogens is 3. The molecule has 4 nitrogen and oxygen atoms in total. The lowest BCUT2D eigenvalue weighted by molar-refractivity contribution is -0.142. The van der Waals surface area contributed by atoms with Crippen LogP contribution in [0, 0.1) is 5.41 Å². The molecule has 1 fully saturated rings. The minimum Gasteiger partial charge on any atom is -0.359 e. The number of amidine groups is 1. The van der Waals surface area contributed by atoms with Crippen molar-refractivity contribution in [3.05, 3.63) is 17.5 Å². The second-order valence-electron chi connectivity index (χ2n) is 4.43. The Morgan fingerprint density at radius 1 is 1.44 bits per heavy atom. The summed E-state index contributed by atoms with van der Waals surface area (Å²) in [6, 6.07) is 0.600. The van der Waals surface area contributed by atoms with Crippen LogP contribution in [0.2, 0.25) is 0 Å². The van der Waals surface area contributed by atoms with Crippen LogP contribution in [-0.2, 0) is 6.18 Å². The largest absolute Gasteiger partial charge is 0.436 e. The van der Waals surface area contributed by atoms with Gasteiger partial charge in [0.05, 0.1) is 11.9 Å². The molecule has 0 bridgehead atoms. The van der Waals surface area contributed by atoms with Crippen molar-refractivity contribution in [2.24, 2.45) is 0 Å². The fourth-order valence-corrected chi connectivity index (χ4v) is 2.10. The van der Waals surface area contributed by atoms with Crippen molar-refractivity contribution in [3.63, 3.8) is 0 Å². The maximum absolute atomic E-state index is 12.4. The van der Waals surface area contributed by atoms with Gasteiger partial charge < -0.3 is 9.42 Å². The third-order valence-electron chi connectivity index (χ3n) is 3.18. The van der Waals surface area contributed by atoms with Crippen LogP contribution in [0.3, 0.4) is 0 Å². The van der Waals surface area contributed by atoms with Gasteiger partial charge >= 0.3 is 6.18 Å². The highest BCUT2D eigenvalue weighted by atomic mass is 19.4. The fraction of sp³-hybridized carbons (Fsp3) is 0.636. The van der Waals surface area contributed by atoms with E-state index in [0.29, 0.717) is 18.7 Å². The lowest BCUT2D eigenvalue weighted by Crippen LogP contribution is -2.28. The Balaban J connectivity index is 2.24. The summed E-state index contributed by atoms with van der Waals surface area (Å²) in [5, 5.41) is 10.8. The van der Waals surface area contributed by atoms with E-state index >= 15 is 0 Å². The molecule has 2 heterocycles. The summed E-state index contributed by atoms with van der Waals surface area (Å²) in [5.74, 6) is 0.596. The normalized spacial score (nSPS) is 22.1. The van der Waals surface area contributed by atoms with Crippen molar-refractivity contribution in [1.82, 2.24) is 10.1 Å². The molecule has 100 valence electrons. The Labute approximate surface area is 102 Å². The van der Waals surface area contributed by atoms with E-state index in [1.165, 1.54) is 0 Å². The molecule has 0 spiro atoms. The zero-order valence-electron chi connectivity index (χ0n) is 9.92. The first-order valence-electron chi connectivity index (χ1n) is 5.73. The van der Waals surface area contributed by atoms with Crippen LogP contribution >= 0.6 is 0 Å². The number of hydrogen-bond donors (Lipinski definition) is 1. The zero-order valence-corrected chi connectivity index (χ0v) is 9.92. The second-order valence-corrected chi connectivity index (χ2v) is 4.43. The van der Waals surface area contributed by atoms with E-state index in [1.807, 2.05) is 0 Å². The Bertz CT molecular complexity index is 441. The molecule has 2 rings (SSSR count). The first kappa shape index (κ1) is 12.9. The number of hydrogen-bond acceptors (Lipinski definition) is 3. The smallest absolute Gasteiger partial charge is 0.359 e. The molecule has 0 aromatic carbocycles. The number of rotatable bonds is 1. The predicted molar refractivity (Wildman–Crippen MR) is 58.2 cm³/mol. The lowest BCUT2D eigenvalue weighted by atomic mass is 10.1. The van der Waals surface area contributed by atoms with E-state index in [4.69, 9.17) is 9.93 Å². The summed E-state index contributed by atoms with van der Waals surface area (Å²) in [5.41, 5.74) is -1.01. The monoisotopic (exact) mass is 261 g/mol. The third kappa shape index (κ3) is 2.49. The average Bonchev–Trinajstić information content (AvgIpc) is 2.71. The van der Waals surface area contributed by atoms with Gasteiger partial charge in [-0.1, -0.05) is 11.6 Å². The highest BCUT2D eigenvalue weighted by Crippen LogP contribution is 2.34. The molecule has 0 radical (unpaired) electrons. The van der Waals surface area contributed by atoms with Crippen LogP contribution < -0.4 is 0 Å². The van der Waals surface area contributed by atoms with E-state index in [9.17, 15) is 13.2 Å². The van der Waals surface area contributed by atoms with Crippen LogP contribution in [-0.4, -0.2) is 22.9 Å². The molecule has 0 saturated carbocycles. The van der Waals surface area contributed by atoms with Crippen LogP contribution in [0.4, 0.5) is 13.2 Å². The van der Waals surface area contributed by atoms with Crippen molar-refractivity contribution in [2.45, 2.75) is 37.9 Å². The average molecular weight is 261 g/mol. The van der Waals surface area contributed by atoms with Crippen molar-refractivity contribution in [1.29, 1.82) is 5.41 Å². The number of likely N-dealkylation sites (tertiary alicyclic amines) is 1. The van der Waals surface area contributed by atoms with Gasteiger partial charge in [0.2, 0.25) is 0 Å². The van der Waals surface area contributed by atoms with E-state index in [2.05, 4.69) is 5.16 Å². The molecule has 18 heavy (non-hydrogen) atoms. The summed E-state index contributed by atoms with van der Waals surface area (Å²) in [6.07, 6.45) is -1.43. The maximum Gasteiger partial charge on any atom is 0.436 e. The molecule has 0 amide bonds. The van der Waals surface area contributed by atoms with E-state index in [0.717, 1.165) is 18.9 Å². The van der Waals surface area contributed by atoms with E-state index in [-0.39, 0.29) is 11.8 Å². The summed E-state index contributed by atoms with van der Waals surface area (Å²) in [6.45, 7) is 0. The minimum absolute atomic E-state index is 0.177. The van der Waals surface area contributed by atoms with Crippen molar-refractivity contribution in [2.75, 3.05) is 7.05 Å². The number of aromatic nitrogens is 1. The molecule has 1 aromatic heterocycles. The SMILES string of the molecule is CN1C(=N)CCCCC1c1cc(C(F)(F)F)no1. The fourth-order valence-electron chi connectivity index (χ4n) is 2.10. The Morgan fingerprint density at radius 3 is 2.78 bits per heavy atom. The van der Waals surface area contributed by atoms with Gasteiger partial charge in [-0.25, -0.2) is 0 Å². The molecule has 1 aromatic rings. The molecule has 1 aliphatic rings. The zero-order chi connectivity index (χ0) is 13.3. The molecule has 1 atom stereocenters. The summed E-state index contributed by atoms with van der Waals surface area (Å²) in [7, 11) is 1.70. The van der Waals surface area contributed by atoms with Gasteiger partial charge in [0.1, 0.15) is 0 Å². The molecular formula is C11H14F3N3O. The maximum atomic E-state index is 12.4. The van der Waals surface area contributed by atoms with Crippen molar-refractivity contribution in [3.8, 4) is 0 Å². The van der Waals surface area contributed by atoms with E-state index < -0.39 is 11.9 Å². The first-order chi connectivity index (χ1) is 8.39. The molecule has 1 unspecified atom stereocenters. The highest BCUT2D eigenvalue weighted by molar-refractivity contribution is 5.79. The number of nitrogens with one attached hydrogen (secondary N) is 1. The quantitative estimate of drug-likeness (QED) is 0.844. The van der Waals surface area contributed by atoms with Crippen LogP contribution in [0.15, 0.2) is 10.6 Å².